The van der Waals surface area contributed by atoms with Crippen LogP contribution in [0, 0.1) is 0 Å². The average Bonchev–Trinajstić information content (AvgIpc) is 2.96. The molecule has 1 saturated carbocycles. The van der Waals surface area contributed by atoms with Gasteiger partial charge in [0.05, 0.1) is 12.2 Å². The van der Waals surface area contributed by atoms with Crippen LogP contribution in [0.3, 0.4) is 0 Å². The van der Waals surface area contributed by atoms with Gasteiger partial charge >= 0.3 is 0 Å². The van der Waals surface area contributed by atoms with Crippen LogP contribution in [-0.4, -0.2) is 10.2 Å². The van der Waals surface area contributed by atoms with Gasteiger partial charge in [-0.1, -0.05) is 12.0 Å². The van der Waals surface area contributed by atoms with Crippen molar-refractivity contribution >= 4 is 0 Å². The maximum absolute atomic E-state index is 8.30. The zero-order chi connectivity index (χ0) is 9.97. The van der Waals surface area contributed by atoms with E-state index in [1.807, 2.05) is 0 Å². The van der Waals surface area contributed by atoms with Crippen LogP contribution in [0.5, 0.6) is 0 Å². The molecule has 14 heavy (non-hydrogen) atoms. The Bertz CT molecular complexity index is 371. The van der Waals surface area contributed by atoms with Gasteiger partial charge in [0.2, 0.25) is 0 Å². The highest BCUT2D eigenvalue weighted by atomic mass is 15.2. The predicted molar refractivity (Wildman–Crippen MR) is 52.8 cm³/mol. The van der Waals surface area contributed by atoms with Crippen molar-refractivity contribution in [2.45, 2.75) is 38.6 Å². The van der Waals surface area contributed by atoms with Gasteiger partial charge in [-0.15, -0.1) is 0 Å². The van der Waals surface area contributed by atoms with E-state index in [1.54, 1.807) is 0 Å². The van der Waals surface area contributed by atoms with Crippen molar-refractivity contribution in [3.05, 3.63) is 27.4 Å². The summed E-state index contributed by atoms with van der Waals surface area (Å²) in [5.41, 5.74) is 11.6. The molecule has 0 unspecified atom stereocenters. The number of hydrogen-bond acceptors (Lipinski definition) is 2. The van der Waals surface area contributed by atoms with Crippen LogP contribution in [0.1, 0.15) is 42.6 Å². The number of aromatic nitrogens is 2. The Balaban J connectivity index is 2.29. The minimum absolute atomic E-state index is 0.433. The van der Waals surface area contributed by atoms with Gasteiger partial charge in [0.15, 0.2) is 0 Å². The zero-order valence-electron chi connectivity index (χ0n) is 8.19. The van der Waals surface area contributed by atoms with Crippen molar-refractivity contribution in [3.8, 4) is 0 Å². The Labute approximate surface area is 82.1 Å². The molecule has 1 aliphatic rings. The summed E-state index contributed by atoms with van der Waals surface area (Å²) in [4.78, 5) is 2.79. The Morgan fingerprint density at radius 1 is 1.64 bits per heavy atom. The summed E-state index contributed by atoms with van der Waals surface area (Å²) in [7, 11) is 0. The first-order valence-electron chi connectivity index (χ1n) is 4.93. The smallest absolute Gasteiger partial charge is 0.0689 e. The van der Waals surface area contributed by atoms with Crippen LogP contribution in [0.25, 0.3) is 10.4 Å². The minimum Gasteiger partial charge on any atom is -0.282 e. The Kier molecular flexibility index (Phi) is 2.41. The lowest BCUT2D eigenvalue weighted by Crippen LogP contribution is -1.91. The van der Waals surface area contributed by atoms with E-state index >= 15 is 0 Å². The number of azide groups is 1. The molecule has 5 nitrogen and oxygen atoms in total. The van der Waals surface area contributed by atoms with Crippen molar-refractivity contribution in [1.29, 1.82) is 0 Å². The summed E-state index contributed by atoms with van der Waals surface area (Å²) in [6.45, 7) is 2.51. The number of aromatic amines is 1. The van der Waals surface area contributed by atoms with Crippen molar-refractivity contribution in [2.75, 3.05) is 0 Å². The zero-order valence-corrected chi connectivity index (χ0v) is 8.19. The monoisotopic (exact) mass is 191 g/mol. The van der Waals surface area contributed by atoms with Crippen LogP contribution in [0.2, 0.25) is 0 Å². The maximum atomic E-state index is 8.30. The molecule has 1 N–H and O–H groups in total. The van der Waals surface area contributed by atoms with E-state index in [1.165, 1.54) is 12.8 Å². The molecular weight excluding hydrogens is 178 g/mol. The topological polar surface area (TPSA) is 77.4 Å². The lowest BCUT2D eigenvalue weighted by Gasteiger charge is -1.98. The first-order valence-corrected chi connectivity index (χ1v) is 4.93. The standard InChI is InChI=1S/C9H13N5/c1-2-8-7(5-11-14-10)9(13-12-8)6-3-4-6/h6H,2-5H2,1H3,(H,12,13). The van der Waals surface area contributed by atoms with Gasteiger partial charge in [-0.25, -0.2) is 0 Å². The normalized spacial score (nSPS) is 15.2. The molecule has 0 radical (unpaired) electrons. The number of rotatable bonds is 4. The summed E-state index contributed by atoms with van der Waals surface area (Å²) < 4.78 is 0. The molecule has 0 saturated heterocycles. The molecule has 1 aromatic rings. The summed E-state index contributed by atoms with van der Waals surface area (Å²) >= 11 is 0. The maximum Gasteiger partial charge on any atom is 0.0689 e. The summed E-state index contributed by atoms with van der Waals surface area (Å²) in [6.07, 6.45) is 3.35. The Morgan fingerprint density at radius 2 is 2.43 bits per heavy atom. The summed E-state index contributed by atoms with van der Waals surface area (Å²) in [5.74, 6) is 0.607. The summed E-state index contributed by atoms with van der Waals surface area (Å²) in [6, 6.07) is 0. The number of H-pyrrole nitrogens is 1. The molecule has 0 amide bonds. The number of aryl methyl sites for hydroxylation is 1. The highest BCUT2D eigenvalue weighted by molar-refractivity contribution is 5.30. The fourth-order valence-corrected chi connectivity index (χ4v) is 1.68. The predicted octanol–water partition coefficient (Wildman–Crippen LogP) is 2.66. The molecule has 74 valence electrons. The molecule has 0 atom stereocenters. The number of nitrogens with one attached hydrogen (secondary N) is 1. The van der Waals surface area contributed by atoms with Crippen LogP contribution < -0.4 is 0 Å². The van der Waals surface area contributed by atoms with E-state index in [-0.39, 0.29) is 0 Å². The molecular formula is C9H13N5. The molecule has 1 heterocycles. The average molecular weight is 191 g/mol. The highest BCUT2D eigenvalue weighted by Crippen LogP contribution is 2.41. The largest absolute Gasteiger partial charge is 0.282 e. The van der Waals surface area contributed by atoms with Crippen LogP contribution >= 0.6 is 0 Å². The quantitative estimate of drug-likeness (QED) is 0.443. The third kappa shape index (κ3) is 1.59. The van der Waals surface area contributed by atoms with Gasteiger partial charge in [0.25, 0.3) is 0 Å². The third-order valence-electron chi connectivity index (χ3n) is 2.59. The fraction of sp³-hybridized carbons (Fsp3) is 0.667. The number of hydrogen-bond donors (Lipinski definition) is 1. The Morgan fingerprint density at radius 3 is 3.00 bits per heavy atom. The summed E-state index contributed by atoms with van der Waals surface area (Å²) in [5, 5.41) is 10.9. The molecule has 2 rings (SSSR count). The van der Waals surface area contributed by atoms with Gasteiger partial charge in [-0.3, -0.25) is 5.10 Å². The molecule has 0 spiro atoms. The van der Waals surface area contributed by atoms with Gasteiger partial charge in [-0.05, 0) is 24.8 Å². The second-order valence-corrected chi connectivity index (χ2v) is 3.58. The van der Waals surface area contributed by atoms with E-state index in [0.717, 1.165) is 23.4 Å². The Hall–Kier alpha value is -1.48. The van der Waals surface area contributed by atoms with Crippen molar-refractivity contribution in [2.24, 2.45) is 5.11 Å². The van der Waals surface area contributed by atoms with E-state index in [9.17, 15) is 0 Å². The molecule has 0 bridgehead atoms. The lowest BCUT2D eigenvalue weighted by molar-refractivity contribution is 0.930. The van der Waals surface area contributed by atoms with Gasteiger partial charge in [0, 0.05) is 22.1 Å². The third-order valence-corrected chi connectivity index (χ3v) is 2.59. The minimum atomic E-state index is 0.433. The second-order valence-electron chi connectivity index (χ2n) is 3.58. The molecule has 1 aliphatic carbocycles. The molecule has 0 aliphatic heterocycles. The van der Waals surface area contributed by atoms with Crippen LogP contribution in [0.4, 0.5) is 0 Å². The van der Waals surface area contributed by atoms with E-state index in [2.05, 4.69) is 27.1 Å². The SMILES string of the molecule is CCc1[nH]nc(C2CC2)c1CN=[N+]=[N-]. The molecule has 5 heteroatoms. The van der Waals surface area contributed by atoms with Crippen molar-refractivity contribution in [3.63, 3.8) is 0 Å². The number of nitrogens with zero attached hydrogens (tertiary/aromatic N) is 4. The molecule has 1 aromatic heterocycles. The first-order chi connectivity index (χ1) is 6.86. The second kappa shape index (κ2) is 3.72. The molecule has 1 fully saturated rings. The fourth-order valence-electron chi connectivity index (χ4n) is 1.68. The van der Waals surface area contributed by atoms with Crippen molar-refractivity contribution < 1.29 is 0 Å². The van der Waals surface area contributed by atoms with Gasteiger partial charge in [0.1, 0.15) is 0 Å². The van der Waals surface area contributed by atoms with Gasteiger partial charge < -0.3 is 0 Å². The van der Waals surface area contributed by atoms with Crippen LogP contribution in [0.15, 0.2) is 5.11 Å². The van der Waals surface area contributed by atoms with Gasteiger partial charge in [-0.2, -0.15) is 5.10 Å². The molecule has 0 aromatic carbocycles. The first kappa shape index (κ1) is 9.09. The van der Waals surface area contributed by atoms with E-state index < -0.39 is 0 Å². The lowest BCUT2D eigenvalue weighted by atomic mass is 10.1. The highest BCUT2D eigenvalue weighted by Gasteiger charge is 2.29. The van der Waals surface area contributed by atoms with Crippen molar-refractivity contribution in [1.82, 2.24) is 10.2 Å². The van der Waals surface area contributed by atoms with E-state index in [4.69, 9.17) is 5.53 Å². The van der Waals surface area contributed by atoms with E-state index in [0.29, 0.717) is 12.5 Å². The van der Waals surface area contributed by atoms with Crippen LogP contribution in [-0.2, 0) is 13.0 Å².